The molecule has 0 radical (unpaired) electrons. The maximum Gasteiger partial charge on any atom is 0.259 e. The van der Waals surface area contributed by atoms with Crippen LogP contribution in [0.4, 0.5) is 4.39 Å². The van der Waals surface area contributed by atoms with Gasteiger partial charge in [0.2, 0.25) is 12.5 Å². The number of alkyl halides is 1. The minimum atomic E-state index is -1.84. The van der Waals surface area contributed by atoms with Crippen molar-refractivity contribution < 1.29 is 39.1 Å². The molecule has 0 aromatic heterocycles. The third kappa shape index (κ3) is 6.59. The third-order valence-corrected chi connectivity index (χ3v) is 4.93. The zero-order valence-corrected chi connectivity index (χ0v) is 16.7. The van der Waals surface area contributed by atoms with E-state index in [9.17, 15) is 29.6 Å². The average Bonchev–Trinajstić information content (AvgIpc) is 2.76. The lowest BCUT2D eigenvalue weighted by atomic mass is 9.99. The summed E-state index contributed by atoms with van der Waals surface area (Å²) in [7, 11) is 0. The van der Waals surface area contributed by atoms with E-state index in [0.717, 1.165) is 25.7 Å². The molecule has 0 aliphatic carbocycles. The summed E-state index contributed by atoms with van der Waals surface area (Å²) in [6, 6.07) is 5.52. The van der Waals surface area contributed by atoms with Gasteiger partial charge in [0, 0.05) is 6.54 Å². The van der Waals surface area contributed by atoms with E-state index in [0.29, 0.717) is 13.1 Å². The number of amides is 1. The highest BCUT2D eigenvalue weighted by Crippen LogP contribution is 2.26. The van der Waals surface area contributed by atoms with Gasteiger partial charge < -0.3 is 41.0 Å². The van der Waals surface area contributed by atoms with Crippen LogP contribution in [0.5, 0.6) is 5.75 Å². The van der Waals surface area contributed by atoms with Gasteiger partial charge in [-0.25, -0.2) is 4.39 Å². The fourth-order valence-corrected chi connectivity index (χ4v) is 3.09. The van der Waals surface area contributed by atoms with E-state index < -0.39 is 49.4 Å². The second-order valence-electron chi connectivity index (χ2n) is 7.24. The van der Waals surface area contributed by atoms with E-state index in [1.54, 1.807) is 0 Å². The number of aliphatic hydroxyl groups is 4. The van der Waals surface area contributed by atoms with Gasteiger partial charge in [0.25, 0.3) is 5.91 Å². The first kappa shape index (κ1) is 24.4. The van der Waals surface area contributed by atoms with Crippen molar-refractivity contribution in [1.29, 1.82) is 0 Å². The molecule has 1 aromatic rings. The Morgan fingerprint density at radius 1 is 1.10 bits per heavy atom. The standard InChI is InChI=1S/C20H31FN2O7/c21-15(19(28)23-10-4-2-1-3-9-22)12-5-7-13(8-6-12)29-20-18(27)17(26)16(25)14(11-24)30-20/h5-8,14-18,20,24-27H,1-4,9-11,22H2,(H,23,28)/t14-,15?,16+,17+,18-,20-/m1/s1. The van der Waals surface area contributed by atoms with Crippen LogP contribution in [0.3, 0.4) is 0 Å². The maximum atomic E-state index is 14.4. The van der Waals surface area contributed by atoms with E-state index >= 15 is 0 Å². The molecule has 9 nitrogen and oxygen atoms in total. The van der Waals surface area contributed by atoms with Crippen LogP contribution in [0, 0.1) is 0 Å². The van der Waals surface area contributed by atoms with Crippen LogP contribution in [0.1, 0.15) is 37.4 Å². The van der Waals surface area contributed by atoms with Gasteiger partial charge in [0.1, 0.15) is 30.2 Å². The van der Waals surface area contributed by atoms with Crippen LogP contribution in [-0.4, -0.2) is 76.7 Å². The topological polar surface area (TPSA) is 154 Å². The number of ether oxygens (including phenoxy) is 2. The Hall–Kier alpha value is -1.82. The van der Waals surface area contributed by atoms with Crippen LogP contribution in [0.15, 0.2) is 24.3 Å². The molecule has 170 valence electrons. The largest absolute Gasteiger partial charge is 0.462 e. The Kier molecular flexibility index (Phi) is 9.89. The van der Waals surface area contributed by atoms with Crippen molar-refractivity contribution >= 4 is 5.91 Å². The number of carbonyl (C=O) groups excluding carboxylic acids is 1. The van der Waals surface area contributed by atoms with Gasteiger partial charge in [-0.3, -0.25) is 4.79 Å². The number of unbranched alkanes of at least 4 members (excludes halogenated alkanes) is 3. The molecule has 1 saturated heterocycles. The number of halogens is 1. The zero-order chi connectivity index (χ0) is 22.1. The van der Waals surface area contributed by atoms with E-state index in [1.807, 2.05) is 0 Å². The number of aliphatic hydroxyl groups excluding tert-OH is 4. The van der Waals surface area contributed by atoms with E-state index in [-0.39, 0.29) is 11.3 Å². The van der Waals surface area contributed by atoms with Gasteiger partial charge in [-0.2, -0.15) is 0 Å². The second-order valence-corrected chi connectivity index (χ2v) is 7.24. The summed E-state index contributed by atoms with van der Waals surface area (Å²) >= 11 is 0. The summed E-state index contributed by atoms with van der Waals surface area (Å²) in [6.07, 6.45) is -5.30. The van der Waals surface area contributed by atoms with Crippen molar-refractivity contribution in [3.63, 3.8) is 0 Å². The van der Waals surface area contributed by atoms with Crippen LogP contribution in [0.25, 0.3) is 0 Å². The highest BCUT2D eigenvalue weighted by molar-refractivity contribution is 5.82. The molecule has 1 fully saturated rings. The first-order chi connectivity index (χ1) is 14.4. The number of nitrogens with two attached hydrogens (primary N) is 1. The van der Waals surface area contributed by atoms with E-state index in [4.69, 9.17) is 15.2 Å². The number of hydrogen-bond donors (Lipinski definition) is 6. The van der Waals surface area contributed by atoms with E-state index in [2.05, 4.69) is 5.32 Å². The Bertz CT molecular complexity index is 647. The predicted octanol–water partition coefficient (Wildman–Crippen LogP) is -0.489. The van der Waals surface area contributed by atoms with Crippen LogP contribution >= 0.6 is 0 Å². The van der Waals surface area contributed by atoms with Crippen molar-refractivity contribution in [2.45, 2.75) is 62.6 Å². The Morgan fingerprint density at radius 2 is 1.77 bits per heavy atom. The lowest BCUT2D eigenvalue weighted by Crippen LogP contribution is -2.60. The Labute approximate surface area is 174 Å². The molecule has 1 aromatic carbocycles. The second kappa shape index (κ2) is 12.1. The summed E-state index contributed by atoms with van der Waals surface area (Å²) in [4.78, 5) is 11.9. The lowest BCUT2D eigenvalue weighted by Gasteiger charge is -2.39. The third-order valence-electron chi connectivity index (χ3n) is 4.93. The highest BCUT2D eigenvalue weighted by atomic mass is 19.1. The van der Waals surface area contributed by atoms with E-state index in [1.165, 1.54) is 24.3 Å². The molecule has 1 amide bonds. The summed E-state index contributed by atoms with van der Waals surface area (Å²) in [6.45, 7) is 0.451. The Morgan fingerprint density at radius 3 is 2.40 bits per heavy atom. The molecular weight excluding hydrogens is 399 g/mol. The van der Waals surface area contributed by atoms with Gasteiger partial charge in [0.15, 0.2) is 0 Å². The summed E-state index contributed by atoms with van der Waals surface area (Å²) in [5.41, 5.74) is 5.55. The van der Waals surface area contributed by atoms with Gasteiger partial charge in [-0.15, -0.1) is 0 Å². The predicted molar refractivity (Wildman–Crippen MR) is 105 cm³/mol. The quantitative estimate of drug-likeness (QED) is 0.257. The zero-order valence-electron chi connectivity index (χ0n) is 16.7. The first-order valence-corrected chi connectivity index (χ1v) is 10.1. The minimum Gasteiger partial charge on any atom is -0.462 e. The molecule has 1 aliphatic rings. The number of carbonyl (C=O) groups is 1. The fourth-order valence-electron chi connectivity index (χ4n) is 3.09. The average molecular weight is 430 g/mol. The number of nitrogens with one attached hydrogen (secondary N) is 1. The Balaban J connectivity index is 1.86. The molecule has 0 saturated carbocycles. The van der Waals surface area contributed by atoms with Crippen LogP contribution < -0.4 is 15.8 Å². The molecule has 1 unspecified atom stereocenters. The lowest BCUT2D eigenvalue weighted by molar-refractivity contribution is -0.277. The summed E-state index contributed by atoms with van der Waals surface area (Å²) in [5.74, 6) is -0.535. The van der Waals surface area contributed by atoms with Crippen LogP contribution in [-0.2, 0) is 9.53 Å². The number of rotatable bonds is 11. The van der Waals surface area contributed by atoms with Gasteiger partial charge in [-0.05, 0) is 37.1 Å². The maximum absolute atomic E-state index is 14.4. The first-order valence-electron chi connectivity index (χ1n) is 10.1. The van der Waals surface area contributed by atoms with Gasteiger partial charge in [-0.1, -0.05) is 25.0 Å². The molecule has 0 spiro atoms. The molecule has 1 heterocycles. The monoisotopic (exact) mass is 430 g/mol. The van der Waals surface area contributed by atoms with Crippen molar-refractivity contribution in [3.8, 4) is 5.75 Å². The molecular formula is C20H31FN2O7. The molecule has 30 heavy (non-hydrogen) atoms. The molecule has 1 aliphatic heterocycles. The number of benzene rings is 1. The molecule has 0 bridgehead atoms. The fraction of sp³-hybridized carbons (Fsp3) is 0.650. The summed E-state index contributed by atoms with van der Waals surface area (Å²) < 4.78 is 25.1. The van der Waals surface area contributed by atoms with Crippen molar-refractivity contribution in [2.75, 3.05) is 19.7 Å². The number of hydrogen-bond acceptors (Lipinski definition) is 8. The molecule has 10 heteroatoms. The van der Waals surface area contributed by atoms with Crippen molar-refractivity contribution in [3.05, 3.63) is 29.8 Å². The van der Waals surface area contributed by atoms with Gasteiger partial charge in [0.05, 0.1) is 6.61 Å². The smallest absolute Gasteiger partial charge is 0.259 e. The normalized spacial score (nSPS) is 27.5. The van der Waals surface area contributed by atoms with Gasteiger partial charge >= 0.3 is 0 Å². The molecule has 2 rings (SSSR count). The SMILES string of the molecule is NCCCCCCNC(=O)C(F)c1ccc(O[C@@H]2O[C@H](CO)[C@H](O)[C@H](O)[C@H]2O)cc1. The van der Waals surface area contributed by atoms with Crippen molar-refractivity contribution in [1.82, 2.24) is 5.32 Å². The molecule has 7 N–H and O–H groups in total. The van der Waals surface area contributed by atoms with Crippen LogP contribution in [0.2, 0.25) is 0 Å². The minimum absolute atomic E-state index is 0.136. The highest BCUT2D eigenvalue weighted by Gasteiger charge is 2.44. The molecule has 6 atom stereocenters. The summed E-state index contributed by atoms with van der Waals surface area (Å²) in [5, 5.41) is 41.3. The van der Waals surface area contributed by atoms with Crippen molar-refractivity contribution in [2.24, 2.45) is 5.73 Å².